The molecule has 0 heterocycles. The van der Waals surface area contributed by atoms with Gasteiger partial charge in [0.1, 0.15) is 0 Å². The van der Waals surface area contributed by atoms with Gasteiger partial charge in [-0.05, 0) is 38.2 Å². The van der Waals surface area contributed by atoms with E-state index in [9.17, 15) is 0 Å². The van der Waals surface area contributed by atoms with E-state index in [1.807, 2.05) is 6.08 Å². The van der Waals surface area contributed by atoms with Gasteiger partial charge in [0, 0.05) is 0 Å². The molecule has 1 aliphatic carbocycles. The molecule has 0 aromatic rings. The quantitative estimate of drug-likeness (QED) is 0.474. The average molecular weight is 161 g/mol. The molecule has 0 N–H and O–H groups in total. The minimum absolute atomic E-state index is 1.07. The molecule has 0 saturated heterocycles. The molecule has 0 fully saturated rings. The van der Waals surface area contributed by atoms with Gasteiger partial charge in [-0.25, -0.2) is 0 Å². The zero-order valence-electron chi connectivity index (χ0n) is 7.63. The fourth-order valence-corrected chi connectivity index (χ4v) is 1.26. The van der Waals surface area contributed by atoms with Crippen LogP contribution in [0, 0.1) is 6.08 Å². The third kappa shape index (κ3) is 4.95. The highest BCUT2D eigenvalue weighted by Crippen LogP contribution is 2.05. The summed E-state index contributed by atoms with van der Waals surface area (Å²) in [6.07, 6.45) is 21.5. The van der Waals surface area contributed by atoms with Crippen molar-refractivity contribution in [1.29, 1.82) is 0 Å². The molecule has 1 aliphatic rings. The Kier molecular flexibility index (Phi) is 5.35. The van der Waals surface area contributed by atoms with Crippen molar-refractivity contribution in [2.75, 3.05) is 0 Å². The summed E-state index contributed by atoms with van der Waals surface area (Å²) in [4.78, 5) is 0. The van der Waals surface area contributed by atoms with Gasteiger partial charge in [0.15, 0.2) is 0 Å². The van der Waals surface area contributed by atoms with Crippen LogP contribution in [0.5, 0.6) is 0 Å². The molecule has 1 rings (SSSR count). The van der Waals surface area contributed by atoms with Crippen molar-refractivity contribution in [3.8, 4) is 0 Å². The third-order valence-corrected chi connectivity index (χ3v) is 1.98. The molecule has 0 aromatic carbocycles. The highest BCUT2D eigenvalue weighted by molar-refractivity contribution is 5.02. The molecule has 0 aliphatic heterocycles. The lowest BCUT2D eigenvalue weighted by Gasteiger charge is -1.95. The first-order chi connectivity index (χ1) is 6.00. The van der Waals surface area contributed by atoms with Crippen molar-refractivity contribution in [1.82, 2.24) is 0 Å². The van der Waals surface area contributed by atoms with E-state index in [1.54, 1.807) is 0 Å². The second kappa shape index (κ2) is 6.90. The van der Waals surface area contributed by atoms with Crippen LogP contribution < -0.4 is 0 Å². The minimum Gasteiger partial charge on any atom is -0.0882 e. The van der Waals surface area contributed by atoms with Crippen molar-refractivity contribution in [2.45, 2.75) is 38.5 Å². The van der Waals surface area contributed by atoms with Crippen LogP contribution in [-0.2, 0) is 0 Å². The second-order valence-electron chi connectivity index (χ2n) is 3.11. The van der Waals surface area contributed by atoms with Crippen LogP contribution in [0.3, 0.4) is 0 Å². The van der Waals surface area contributed by atoms with Crippen LogP contribution in [0.4, 0.5) is 0 Å². The van der Waals surface area contributed by atoms with Gasteiger partial charge in [-0.15, -0.1) is 0 Å². The Morgan fingerprint density at radius 1 is 0.917 bits per heavy atom. The maximum Gasteiger partial charge on any atom is -0.0166 e. The summed E-state index contributed by atoms with van der Waals surface area (Å²) in [5.74, 6) is 0. The predicted octanol–water partition coefficient (Wildman–Crippen LogP) is 3.81. The lowest BCUT2D eigenvalue weighted by atomic mass is 10.1. The van der Waals surface area contributed by atoms with E-state index in [4.69, 9.17) is 0 Å². The molecule has 0 bridgehead atoms. The molecule has 0 aromatic heterocycles. The Morgan fingerprint density at radius 2 is 1.92 bits per heavy atom. The van der Waals surface area contributed by atoms with Crippen LogP contribution in [0.25, 0.3) is 0 Å². The maximum atomic E-state index is 3.27. The Hall–Kier alpha value is -0.780. The molecule has 0 atom stereocenters. The molecule has 65 valence electrons. The summed E-state index contributed by atoms with van der Waals surface area (Å²) in [7, 11) is 0. The Bertz CT molecular complexity index is 172. The van der Waals surface area contributed by atoms with Gasteiger partial charge < -0.3 is 0 Å². The highest BCUT2D eigenvalue weighted by Gasteiger charge is 1.86. The molecule has 0 amide bonds. The fourth-order valence-electron chi connectivity index (χ4n) is 1.26. The third-order valence-electron chi connectivity index (χ3n) is 1.98. The normalized spacial score (nSPS) is 20.0. The number of rotatable bonds is 0. The number of hydrogen-bond donors (Lipinski definition) is 0. The Balaban J connectivity index is 2.31. The second-order valence-corrected chi connectivity index (χ2v) is 3.11. The van der Waals surface area contributed by atoms with E-state index in [2.05, 4.69) is 30.4 Å². The summed E-state index contributed by atoms with van der Waals surface area (Å²) >= 11 is 0. The van der Waals surface area contributed by atoms with Crippen molar-refractivity contribution in [3.05, 3.63) is 36.5 Å². The van der Waals surface area contributed by atoms with E-state index in [-0.39, 0.29) is 0 Å². The Labute approximate surface area is 75.7 Å². The predicted molar refractivity (Wildman–Crippen MR) is 53.8 cm³/mol. The van der Waals surface area contributed by atoms with Gasteiger partial charge >= 0.3 is 0 Å². The molecule has 12 heavy (non-hydrogen) atoms. The fraction of sp³-hybridized carbons (Fsp3) is 0.500. The van der Waals surface area contributed by atoms with Gasteiger partial charge in [0.05, 0.1) is 0 Å². The van der Waals surface area contributed by atoms with Gasteiger partial charge in [-0.3, -0.25) is 0 Å². The van der Waals surface area contributed by atoms with Crippen molar-refractivity contribution < 1.29 is 0 Å². The van der Waals surface area contributed by atoms with Gasteiger partial charge in [-0.2, -0.15) is 0 Å². The maximum absolute atomic E-state index is 3.27. The highest BCUT2D eigenvalue weighted by atomic mass is 13.9. The monoisotopic (exact) mass is 161 g/mol. The SMILES string of the molecule is [C]1=CC=CCC=CCCCCC1. The van der Waals surface area contributed by atoms with E-state index in [0.29, 0.717) is 0 Å². The van der Waals surface area contributed by atoms with Crippen molar-refractivity contribution >= 4 is 0 Å². The van der Waals surface area contributed by atoms with E-state index in [1.165, 1.54) is 25.7 Å². The lowest BCUT2D eigenvalue weighted by Crippen LogP contribution is -1.76. The van der Waals surface area contributed by atoms with Crippen LogP contribution in [-0.4, -0.2) is 0 Å². The van der Waals surface area contributed by atoms with Crippen LogP contribution in [0.15, 0.2) is 30.4 Å². The van der Waals surface area contributed by atoms with E-state index >= 15 is 0 Å². The lowest BCUT2D eigenvalue weighted by molar-refractivity contribution is 0.690. The molecule has 1 radical (unpaired) electrons. The van der Waals surface area contributed by atoms with Gasteiger partial charge in [0.25, 0.3) is 0 Å². The van der Waals surface area contributed by atoms with Crippen LogP contribution in [0.2, 0.25) is 0 Å². The molecule has 0 nitrogen and oxygen atoms in total. The van der Waals surface area contributed by atoms with Gasteiger partial charge in [0.2, 0.25) is 0 Å². The topological polar surface area (TPSA) is 0 Å². The van der Waals surface area contributed by atoms with E-state index in [0.717, 1.165) is 12.8 Å². The molecule has 0 spiro atoms. The molecule has 0 heteroatoms. The molecular weight excluding hydrogens is 144 g/mol. The van der Waals surface area contributed by atoms with Crippen molar-refractivity contribution in [2.24, 2.45) is 0 Å². The summed E-state index contributed by atoms with van der Waals surface area (Å²) in [5, 5.41) is 0. The molecule has 0 unspecified atom stereocenters. The number of allylic oxidation sites excluding steroid dienone is 6. The first-order valence-electron chi connectivity index (χ1n) is 4.87. The summed E-state index contributed by atoms with van der Waals surface area (Å²) in [5.41, 5.74) is 0. The largest absolute Gasteiger partial charge is 0.0882 e. The van der Waals surface area contributed by atoms with E-state index < -0.39 is 0 Å². The van der Waals surface area contributed by atoms with Crippen LogP contribution in [0.1, 0.15) is 38.5 Å². The van der Waals surface area contributed by atoms with Crippen LogP contribution >= 0.6 is 0 Å². The first kappa shape index (κ1) is 9.31. The first-order valence-corrected chi connectivity index (χ1v) is 4.87. The average Bonchev–Trinajstić information content (AvgIpc) is 2.05. The minimum atomic E-state index is 1.07. The van der Waals surface area contributed by atoms with Crippen molar-refractivity contribution in [3.63, 3.8) is 0 Å². The standard InChI is InChI=1S/C12H17/c1-2-4-6-8-10-12-11-9-7-5-3-1/h1-3,6,8H,4,7,9-12H2. The summed E-state index contributed by atoms with van der Waals surface area (Å²) < 4.78 is 0. The Morgan fingerprint density at radius 3 is 2.92 bits per heavy atom. The summed E-state index contributed by atoms with van der Waals surface area (Å²) in [6, 6.07) is 0. The zero-order chi connectivity index (χ0) is 8.49. The molecular formula is C12H17. The smallest absolute Gasteiger partial charge is 0.0166 e. The number of hydrogen-bond acceptors (Lipinski definition) is 0. The summed E-state index contributed by atoms with van der Waals surface area (Å²) in [6.45, 7) is 0. The van der Waals surface area contributed by atoms with Gasteiger partial charge in [-0.1, -0.05) is 36.8 Å². The zero-order valence-corrected chi connectivity index (χ0v) is 7.63. The molecule has 0 saturated carbocycles.